The van der Waals surface area contributed by atoms with E-state index in [2.05, 4.69) is 59.4 Å². The zero-order valence-electron chi connectivity index (χ0n) is 20.9. The molecular weight excluding hydrogens is 469 g/mol. The number of esters is 1. The van der Waals surface area contributed by atoms with Crippen LogP contribution in [0.15, 0.2) is 84.9 Å². The highest BCUT2D eigenvalue weighted by molar-refractivity contribution is 5.86. The molecule has 1 heterocycles. The Morgan fingerprint density at radius 1 is 1.05 bits per heavy atom. The average Bonchev–Trinajstić information content (AvgIpc) is 2.94. The molecule has 0 spiro atoms. The third-order valence-electron chi connectivity index (χ3n) is 6.96. The SMILES string of the molecule is COC(=O)COc1cc([C@@H]2C[C@H](CN[C@H](C)c3cccc4ccccc34)Oc3ccccc32)ccc1F. The van der Waals surface area contributed by atoms with Gasteiger partial charge < -0.3 is 19.5 Å². The van der Waals surface area contributed by atoms with Crippen LogP contribution in [0.25, 0.3) is 10.8 Å². The minimum Gasteiger partial charge on any atom is -0.489 e. The highest BCUT2D eigenvalue weighted by atomic mass is 19.1. The van der Waals surface area contributed by atoms with E-state index in [0.29, 0.717) is 13.0 Å². The lowest BCUT2D eigenvalue weighted by molar-refractivity contribution is -0.142. The van der Waals surface area contributed by atoms with Crippen LogP contribution >= 0.6 is 0 Å². The first-order valence-electron chi connectivity index (χ1n) is 12.5. The van der Waals surface area contributed by atoms with E-state index in [1.54, 1.807) is 12.1 Å². The number of rotatable bonds is 8. The Labute approximate surface area is 216 Å². The van der Waals surface area contributed by atoms with Crippen molar-refractivity contribution in [2.45, 2.75) is 31.4 Å². The third kappa shape index (κ3) is 5.44. The molecule has 190 valence electrons. The van der Waals surface area contributed by atoms with Crippen LogP contribution in [0.5, 0.6) is 11.5 Å². The van der Waals surface area contributed by atoms with Crippen LogP contribution < -0.4 is 14.8 Å². The van der Waals surface area contributed by atoms with Crippen LogP contribution in [0.4, 0.5) is 4.39 Å². The van der Waals surface area contributed by atoms with Gasteiger partial charge in [0, 0.05) is 24.1 Å². The Kier molecular flexibility index (Phi) is 7.37. The number of hydrogen-bond donors (Lipinski definition) is 1. The highest BCUT2D eigenvalue weighted by Crippen LogP contribution is 2.41. The zero-order chi connectivity index (χ0) is 25.8. The summed E-state index contributed by atoms with van der Waals surface area (Å²) in [4.78, 5) is 11.5. The molecule has 0 saturated carbocycles. The van der Waals surface area contributed by atoms with Crippen LogP contribution in [0.2, 0.25) is 0 Å². The normalized spacial score (nSPS) is 17.5. The number of methoxy groups -OCH3 is 1. The van der Waals surface area contributed by atoms with Crippen LogP contribution in [-0.2, 0) is 9.53 Å². The Morgan fingerprint density at radius 3 is 2.70 bits per heavy atom. The van der Waals surface area contributed by atoms with Gasteiger partial charge in [0.1, 0.15) is 11.9 Å². The van der Waals surface area contributed by atoms with E-state index in [-0.39, 0.29) is 30.4 Å². The van der Waals surface area contributed by atoms with Gasteiger partial charge in [-0.25, -0.2) is 9.18 Å². The maximum Gasteiger partial charge on any atom is 0.343 e. The molecule has 0 amide bonds. The summed E-state index contributed by atoms with van der Waals surface area (Å²) in [5.74, 6) is -0.232. The lowest BCUT2D eigenvalue weighted by Crippen LogP contribution is -2.37. The zero-order valence-corrected chi connectivity index (χ0v) is 20.9. The Morgan fingerprint density at radius 2 is 1.84 bits per heavy atom. The lowest BCUT2D eigenvalue weighted by atomic mass is 9.84. The number of ether oxygens (including phenoxy) is 3. The summed E-state index contributed by atoms with van der Waals surface area (Å²) in [5.41, 5.74) is 3.20. The number of fused-ring (bicyclic) bond motifs is 2. The van der Waals surface area contributed by atoms with E-state index in [1.165, 1.54) is 29.5 Å². The molecule has 4 aromatic carbocycles. The van der Waals surface area contributed by atoms with Gasteiger partial charge in [0.15, 0.2) is 18.2 Å². The molecule has 0 fully saturated rings. The highest BCUT2D eigenvalue weighted by Gasteiger charge is 2.30. The van der Waals surface area contributed by atoms with E-state index in [4.69, 9.17) is 9.47 Å². The van der Waals surface area contributed by atoms with Crippen LogP contribution in [0, 0.1) is 5.82 Å². The van der Waals surface area contributed by atoms with Crippen molar-refractivity contribution in [2.24, 2.45) is 0 Å². The van der Waals surface area contributed by atoms with Crippen molar-refractivity contribution in [2.75, 3.05) is 20.3 Å². The Bertz CT molecular complexity index is 1400. The number of halogens is 1. The molecule has 3 atom stereocenters. The molecule has 5 nitrogen and oxygen atoms in total. The van der Waals surface area contributed by atoms with Crippen molar-refractivity contribution in [3.05, 3.63) is 107 Å². The van der Waals surface area contributed by atoms with Crippen molar-refractivity contribution < 1.29 is 23.4 Å². The number of nitrogens with one attached hydrogen (secondary N) is 1. The smallest absolute Gasteiger partial charge is 0.343 e. The van der Waals surface area contributed by atoms with E-state index in [0.717, 1.165) is 16.9 Å². The predicted octanol–water partition coefficient (Wildman–Crippen LogP) is 6.16. The average molecular weight is 500 g/mol. The first-order chi connectivity index (χ1) is 18.0. The number of hydrogen-bond acceptors (Lipinski definition) is 5. The second-order valence-electron chi connectivity index (χ2n) is 9.32. The van der Waals surface area contributed by atoms with Gasteiger partial charge in [-0.3, -0.25) is 0 Å². The topological polar surface area (TPSA) is 56.8 Å². The fraction of sp³-hybridized carbons (Fsp3) is 0.258. The second-order valence-corrected chi connectivity index (χ2v) is 9.32. The first kappa shape index (κ1) is 24.8. The molecule has 4 aromatic rings. The molecule has 0 aliphatic carbocycles. The minimum absolute atomic E-state index is 0.00862. The van der Waals surface area contributed by atoms with Gasteiger partial charge in [-0.1, -0.05) is 66.7 Å². The summed E-state index contributed by atoms with van der Waals surface area (Å²) in [6, 6.07) is 27.7. The Hall–Kier alpha value is -3.90. The number of carbonyl (C=O) groups excluding carboxylic acids is 1. The first-order valence-corrected chi connectivity index (χ1v) is 12.5. The van der Waals surface area contributed by atoms with Crippen molar-refractivity contribution in [1.29, 1.82) is 0 Å². The molecule has 6 heteroatoms. The summed E-state index contributed by atoms with van der Waals surface area (Å²) in [5, 5.41) is 6.12. The molecule has 1 N–H and O–H groups in total. The molecule has 0 saturated heterocycles. The molecule has 0 aromatic heterocycles. The van der Waals surface area contributed by atoms with E-state index < -0.39 is 11.8 Å². The van der Waals surface area contributed by atoms with Gasteiger partial charge in [-0.05, 0) is 53.4 Å². The largest absolute Gasteiger partial charge is 0.489 e. The molecule has 1 aliphatic rings. The van der Waals surface area contributed by atoms with Gasteiger partial charge in [0.2, 0.25) is 0 Å². The molecule has 37 heavy (non-hydrogen) atoms. The number of benzene rings is 4. The maximum absolute atomic E-state index is 14.4. The van der Waals surface area contributed by atoms with Crippen molar-refractivity contribution >= 4 is 16.7 Å². The number of para-hydroxylation sites is 1. The van der Waals surface area contributed by atoms with Crippen molar-refractivity contribution in [3.8, 4) is 11.5 Å². The summed E-state index contributed by atoms with van der Waals surface area (Å²) >= 11 is 0. The standard InChI is InChI=1S/C31H30FNO4/c1-20(24-12-7-9-21-8-3-4-10-25(21)24)33-18-23-17-27(26-11-5-6-13-29(26)37-23)22-14-15-28(32)30(16-22)36-19-31(34)35-2/h3-16,20,23,27,33H,17-19H2,1-2H3/t20-,23-,27+/m1/s1. The summed E-state index contributed by atoms with van der Waals surface area (Å²) in [6.45, 7) is 2.48. The monoisotopic (exact) mass is 499 g/mol. The Balaban J connectivity index is 1.35. The number of carbonyl (C=O) groups is 1. The van der Waals surface area contributed by atoms with E-state index in [1.807, 2.05) is 24.3 Å². The van der Waals surface area contributed by atoms with Crippen molar-refractivity contribution in [3.63, 3.8) is 0 Å². The molecule has 0 radical (unpaired) electrons. The molecule has 0 unspecified atom stereocenters. The molecular formula is C31H30FNO4. The van der Waals surface area contributed by atoms with Crippen LogP contribution in [0.3, 0.4) is 0 Å². The van der Waals surface area contributed by atoms with Crippen LogP contribution in [0.1, 0.15) is 42.0 Å². The third-order valence-corrected chi connectivity index (χ3v) is 6.96. The van der Waals surface area contributed by atoms with Crippen LogP contribution in [-0.4, -0.2) is 32.3 Å². The van der Waals surface area contributed by atoms with Gasteiger partial charge in [-0.2, -0.15) is 0 Å². The fourth-order valence-corrected chi connectivity index (χ4v) is 5.02. The van der Waals surface area contributed by atoms with Gasteiger partial charge in [0.05, 0.1) is 7.11 Å². The summed E-state index contributed by atoms with van der Waals surface area (Å²) in [7, 11) is 1.27. The lowest BCUT2D eigenvalue weighted by Gasteiger charge is -2.33. The quantitative estimate of drug-likeness (QED) is 0.294. The summed E-state index contributed by atoms with van der Waals surface area (Å²) in [6.07, 6.45) is 0.635. The van der Waals surface area contributed by atoms with E-state index in [9.17, 15) is 9.18 Å². The molecule has 5 rings (SSSR count). The minimum atomic E-state index is -0.562. The second kappa shape index (κ2) is 11.0. The summed E-state index contributed by atoms with van der Waals surface area (Å²) < 4.78 is 30.8. The van der Waals surface area contributed by atoms with Gasteiger partial charge in [-0.15, -0.1) is 0 Å². The van der Waals surface area contributed by atoms with Gasteiger partial charge >= 0.3 is 5.97 Å². The fourth-order valence-electron chi connectivity index (χ4n) is 5.02. The predicted molar refractivity (Wildman–Crippen MR) is 142 cm³/mol. The van der Waals surface area contributed by atoms with Crippen molar-refractivity contribution in [1.82, 2.24) is 5.32 Å². The van der Waals surface area contributed by atoms with E-state index >= 15 is 0 Å². The molecule has 1 aliphatic heterocycles. The molecule has 0 bridgehead atoms. The maximum atomic E-state index is 14.4. The van der Waals surface area contributed by atoms with Gasteiger partial charge in [0.25, 0.3) is 0 Å².